The number of aromatic nitrogens is 2. The lowest BCUT2D eigenvalue weighted by molar-refractivity contribution is -0.118. The van der Waals surface area contributed by atoms with Gasteiger partial charge in [0.1, 0.15) is 23.4 Å². The summed E-state index contributed by atoms with van der Waals surface area (Å²) in [5.74, 6) is -3.03. The van der Waals surface area contributed by atoms with Crippen molar-refractivity contribution in [3.8, 4) is 11.4 Å². The first-order chi connectivity index (χ1) is 12.2. The third-order valence-corrected chi connectivity index (χ3v) is 3.40. The second-order valence-electron chi connectivity index (χ2n) is 5.28. The minimum atomic E-state index is -0.879. The van der Waals surface area contributed by atoms with Crippen molar-refractivity contribution in [3.63, 3.8) is 0 Å². The Morgan fingerprint density at radius 3 is 2.46 bits per heavy atom. The zero-order valence-corrected chi connectivity index (χ0v) is 13.9. The topological polar surface area (TPSA) is 150 Å². The molecule has 1 heterocycles. The standard InChI is InChI=1S/C16H16FN5O4/c1-7(13(18)23)20-12-6-11(14(19)24)21-15(22-12)8-3-4-10(17)9(5-8)16(25)26-2/h3-7H,1-2H3,(H2,18,23)(H2,19,24)(H,20,21,22)/t7-/m0/s1. The van der Waals surface area contributed by atoms with E-state index in [1.165, 1.54) is 25.1 Å². The number of hydrogen-bond donors (Lipinski definition) is 3. The second-order valence-corrected chi connectivity index (χ2v) is 5.28. The first-order valence-corrected chi connectivity index (χ1v) is 7.36. The third kappa shape index (κ3) is 4.09. The van der Waals surface area contributed by atoms with Gasteiger partial charge in [-0.05, 0) is 25.1 Å². The van der Waals surface area contributed by atoms with E-state index >= 15 is 0 Å². The number of benzene rings is 1. The lowest BCUT2D eigenvalue weighted by Crippen LogP contribution is -2.33. The molecule has 10 heteroatoms. The lowest BCUT2D eigenvalue weighted by atomic mass is 10.1. The molecule has 5 N–H and O–H groups in total. The Hall–Kier alpha value is -3.56. The van der Waals surface area contributed by atoms with Crippen LogP contribution in [0, 0.1) is 5.82 Å². The molecule has 1 aromatic heterocycles. The number of methoxy groups -OCH3 is 1. The smallest absolute Gasteiger partial charge is 0.340 e. The van der Waals surface area contributed by atoms with Crippen LogP contribution in [-0.4, -0.2) is 40.9 Å². The highest BCUT2D eigenvalue weighted by Gasteiger charge is 2.17. The molecule has 136 valence electrons. The lowest BCUT2D eigenvalue weighted by Gasteiger charge is -2.13. The highest BCUT2D eigenvalue weighted by molar-refractivity contribution is 5.93. The van der Waals surface area contributed by atoms with E-state index in [9.17, 15) is 18.8 Å². The van der Waals surface area contributed by atoms with Crippen LogP contribution < -0.4 is 16.8 Å². The quantitative estimate of drug-likeness (QED) is 0.632. The van der Waals surface area contributed by atoms with E-state index in [1.54, 1.807) is 0 Å². The molecule has 2 amide bonds. The molecule has 0 unspecified atom stereocenters. The molecule has 0 saturated carbocycles. The third-order valence-electron chi connectivity index (χ3n) is 3.40. The summed E-state index contributed by atoms with van der Waals surface area (Å²) in [7, 11) is 1.12. The van der Waals surface area contributed by atoms with Crippen LogP contribution in [0.25, 0.3) is 11.4 Å². The Kier molecular flexibility index (Phi) is 5.45. The normalized spacial score (nSPS) is 11.5. The maximum absolute atomic E-state index is 13.8. The monoisotopic (exact) mass is 361 g/mol. The van der Waals surface area contributed by atoms with Gasteiger partial charge in [-0.2, -0.15) is 0 Å². The fourth-order valence-corrected chi connectivity index (χ4v) is 2.00. The van der Waals surface area contributed by atoms with Gasteiger partial charge in [0.05, 0.1) is 12.7 Å². The van der Waals surface area contributed by atoms with Gasteiger partial charge < -0.3 is 21.5 Å². The molecule has 1 aromatic carbocycles. The summed E-state index contributed by atoms with van der Waals surface area (Å²) in [4.78, 5) is 42.5. The SMILES string of the molecule is COC(=O)c1cc(-c2nc(N[C@@H](C)C(N)=O)cc(C(N)=O)n2)ccc1F. The predicted molar refractivity (Wildman–Crippen MR) is 89.6 cm³/mol. The second kappa shape index (κ2) is 7.55. The molecule has 0 aliphatic heterocycles. The van der Waals surface area contributed by atoms with Crippen LogP contribution in [0.2, 0.25) is 0 Å². The first kappa shape index (κ1) is 18.8. The molecule has 1 atom stereocenters. The van der Waals surface area contributed by atoms with E-state index in [2.05, 4.69) is 20.0 Å². The van der Waals surface area contributed by atoms with Crippen LogP contribution in [0.4, 0.5) is 10.2 Å². The van der Waals surface area contributed by atoms with Crippen molar-refractivity contribution in [3.05, 3.63) is 41.3 Å². The van der Waals surface area contributed by atoms with E-state index in [1.807, 2.05) is 0 Å². The van der Waals surface area contributed by atoms with Gasteiger partial charge in [-0.25, -0.2) is 19.2 Å². The number of nitrogens with zero attached hydrogens (tertiary/aromatic N) is 2. The van der Waals surface area contributed by atoms with Crippen molar-refractivity contribution in [2.45, 2.75) is 13.0 Å². The number of primary amides is 2. The molecule has 2 aromatic rings. The number of nitrogens with two attached hydrogens (primary N) is 2. The molecule has 26 heavy (non-hydrogen) atoms. The molecular weight excluding hydrogens is 345 g/mol. The molecule has 0 radical (unpaired) electrons. The number of carbonyl (C=O) groups excluding carboxylic acids is 3. The maximum atomic E-state index is 13.8. The Morgan fingerprint density at radius 1 is 1.19 bits per heavy atom. The van der Waals surface area contributed by atoms with Crippen molar-refractivity contribution >= 4 is 23.6 Å². The molecule has 0 aliphatic carbocycles. The summed E-state index contributed by atoms with van der Waals surface area (Å²) in [5, 5.41) is 2.71. The fraction of sp³-hybridized carbons (Fsp3) is 0.188. The van der Waals surface area contributed by atoms with Crippen LogP contribution in [0.1, 0.15) is 27.8 Å². The van der Waals surface area contributed by atoms with Crippen LogP contribution in [0.15, 0.2) is 24.3 Å². The zero-order valence-electron chi connectivity index (χ0n) is 13.9. The number of esters is 1. The summed E-state index contributed by atoms with van der Waals surface area (Å²) >= 11 is 0. The number of hydrogen-bond acceptors (Lipinski definition) is 7. The number of carbonyl (C=O) groups is 3. The minimum Gasteiger partial charge on any atom is -0.465 e. The van der Waals surface area contributed by atoms with Crippen LogP contribution in [-0.2, 0) is 9.53 Å². The van der Waals surface area contributed by atoms with E-state index < -0.39 is 29.6 Å². The van der Waals surface area contributed by atoms with Gasteiger partial charge >= 0.3 is 5.97 Å². The maximum Gasteiger partial charge on any atom is 0.340 e. The summed E-state index contributed by atoms with van der Waals surface area (Å²) in [6, 6.07) is 4.01. The number of rotatable bonds is 6. The summed E-state index contributed by atoms with van der Waals surface area (Å²) < 4.78 is 18.3. The number of ether oxygens (including phenoxy) is 1. The summed E-state index contributed by atoms with van der Waals surface area (Å²) in [5.41, 5.74) is 10.2. The number of anilines is 1. The Morgan fingerprint density at radius 2 is 1.88 bits per heavy atom. The zero-order chi connectivity index (χ0) is 19.4. The number of amides is 2. The number of nitrogens with one attached hydrogen (secondary N) is 1. The van der Waals surface area contributed by atoms with Gasteiger partial charge in [-0.1, -0.05) is 0 Å². The molecule has 9 nitrogen and oxygen atoms in total. The molecule has 2 rings (SSSR count). The van der Waals surface area contributed by atoms with Crippen LogP contribution in [0.3, 0.4) is 0 Å². The molecule has 0 aliphatic rings. The minimum absolute atomic E-state index is 0.00868. The van der Waals surface area contributed by atoms with Crippen molar-refractivity contribution in [2.75, 3.05) is 12.4 Å². The Balaban J connectivity index is 2.55. The van der Waals surface area contributed by atoms with Gasteiger partial charge in [0, 0.05) is 11.6 Å². The van der Waals surface area contributed by atoms with Crippen LogP contribution >= 0.6 is 0 Å². The fourth-order valence-electron chi connectivity index (χ4n) is 2.00. The van der Waals surface area contributed by atoms with Crippen LogP contribution in [0.5, 0.6) is 0 Å². The van der Waals surface area contributed by atoms with Crippen molar-refractivity contribution in [2.24, 2.45) is 11.5 Å². The van der Waals surface area contributed by atoms with Gasteiger partial charge in [0.2, 0.25) is 5.91 Å². The number of halogens is 1. The van der Waals surface area contributed by atoms with Crippen molar-refractivity contribution in [1.29, 1.82) is 0 Å². The highest BCUT2D eigenvalue weighted by atomic mass is 19.1. The average molecular weight is 361 g/mol. The van der Waals surface area contributed by atoms with E-state index in [0.29, 0.717) is 0 Å². The summed E-state index contributed by atoms with van der Waals surface area (Å²) in [6.45, 7) is 1.50. The largest absolute Gasteiger partial charge is 0.465 e. The molecule has 0 fully saturated rings. The van der Waals surface area contributed by atoms with E-state index in [0.717, 1.165) is 13.2 Å². The van der Waals surface area contributed by atoms with E-state index in [4.69, 9.17) is 11.5 Å². The average Bonchev–Trinajstić information content (AvgIpc) is 2.60. The predicted octanol–water partition coefficient (Wildman–Crippen LogP) is 0.454. The summed E-state index contributed by atoms with van der Waals surface area (Å²) in [6.07, 6.45) is 0. The van der Waals surface area contributed by atoms with Crippen molar-refractivity contribution in [1.82, 2.24) is 9.97 Å². The van der Waals surface area contributed by atoms with Gasteiger partial charge in [0.25, 0.3) is 5.91 Å². The van der Waals surface area contributed by atoms with Gasteiger partial charge in [-0.15, -0.1) is 0 Å². The van der Waals surface area contributed by atoms with Crippen molar-refractivity contribution < 1.29 is 23.5 Å². The Labute approximate surface area is 147 Å². The first-order valence-electron chi connectivity index (χ1n) is 7.36. The molecule has 0 saturated heterocycles. The van der Waals surface area contributed by atoms with Gasteiger partial charge in [0.15, 0.2) is 5.82 Å². The Bertz CT molecular complexity index is 887. The van der Waals surface area contributed by atoms with E-state index in [-0.39, 0.29) is 28.5 Å². The highest BCUT2D eigenvalue weighted by Crippen LogP contribution is 2.22. The molecular formula is C16H16FN5O4. The molecule has 0 spiro atoms. The van der Waals surface area contributed by atoms with Gasteiger partial charge in [-0.3, -0.25) is 9.59 Å². The molecule has 0 bridgehead atoms.